The fourth-order valence-electron chi connectivity index (χ4n) is 5.30. The molecule has 134 valence electrons. The zero-order valence-electron chi connectivity index (χ0n) is 15.7. The van der Waals surface area contributed by atoms with Gasteiger partial charge in [0.1, 0.15) is 0 Å². The van der Waals surface area contributed by atoms with Crippen LogP contribution in [0.2, 0.25) is 0 Å². The first-order chi connectivity index (χ1) is 13.3. The van der Waals surface area contributed by atoms with Gasteiger partial charge in [-0.1, -0.05) is 55.7 Å². The lowest BCUT2D eigenvalue weighted by Gasteiger charge is -2.23. The van der Waals surface area contributed by atoms with Crippen LogP contribution < -0.4 is 0 Å². The van der Waals surface area contributed by atoms with E-state index in [0.29, 0.717) is 5.92 Å². The first kappa shape index (κ1) is 15.7. The lowest BCUT2D eigenvalue weighted by atomic mass is 9.82. The second-order valence-corrected chi connectivity index (χ2v) is 9.13. The molecule has 1 aliphatic carbocycles. The van der Waals surface area contributed by atoms with Gasteiger partial charge in [0.15, 0.2) is 0 Å². The highest BCUT2D eigenvalue weighted by Crippen LogP contribution is 2.46. The molecule has 0 radical (unpaired) electrons. The van der Waals surface area contributed by atoms with Crippen LogP contribution in [0.15, 0.2) is 54.6 Å². The van der Waals surface area contributed by atoms with Crippen molar-refractivity contribution in [1.29, 1.82) is 0 Å². The van der Waals surface area contributed by atoms with Crippen LogP contribution in [0.5, 0.6) is 0 Å². The Kier molecular flexibility index (Phi) is 3.40. The van der Waals surface area contributed by atoms with Gasteiger partial charge in [-0.25, -0.2) is 0 Å². The topological polar surface area (TPSA) is 4.93 Å². The minimum absolute atomic E-state index is 0.704. The van der Waals surface area contributed by atoms with Gasteiger partial charge in [-0.05, 0) is 42.5 Å². The van der Waals surface area contributed by atoms with Crippen LogP contribution >= 0.6 is 11.3 Å². The van der Waals surface area contributed by atoms with E-state index in [1.807, 2.05) is 11.3 Å². The van der Waals surface area contributed by atoms with Crippen molar-refractivity contribution in [2.24, 2.45) is 7.05 Å². The van der Waals surface area contributed by atoms with E-state index in [2.05, 4.69) is 66.2 Å². The minimum atomic E-state index is 0.704. The first-order valence-electron chi connectivity index (χ1n) is 10.1. The number of fused-ring (bicyclic) bond motifs is 7. The van der Waals surface area contributed by atoms with Crippen molar-refractivity contribution >= 4 is 53.3 Å². The highest BCUT2D eigenvalue weighted by molar-refractivity contribution is 7.26. The van der Waals surface area contributed by atoms with E-state index in [0.717, 1.165) is 0 Å². The second kappa shape index (κ2) is 5.84. The molecule has 27 heavy (non-hydrogen) atoms. The summed E-state index contributed by atoms with van der Waals surface area (Å²) in [5.41, 5.74) is 4.39. The van der Waals surface area contributed by atoms with E-state index >= 15 is 0 Å². The fraction of sp³-hybridized carbons (Fsp3) is 0.280. The predicted octanol–water partition coefficient (Wildman–Crippen LogP) is 7.75. The van der Waals surface area contributed by atoms with Gasteiger partial charge < -0.3 is 4.57 Å². The molecule has 0 amide bonds. The molecule has 2 heterocycles. The van der Waals surface area contributed by atoms with Crippen molar-refractivity contribution < 1.29 is 0 Å². The molecule has 3 aromatic carbocycles. The maximum atomic E-state index is 2.55. The lowest BCUT2D eigenvalue weighted by Crippen LogP contribution is -2.05. The highest BCUT2D eigenvalue weighted by atomic mass is 32.1. The number of aryl methyl sites for hydroxylation is 1. The van der Waals surface area contributed by atoms with E-state index in [1.54, 1.807) is 5.56 Å². The zero-order chi connectivity index (χ0) is 18.0. The molecule has 0 aliphatic heterocycles. The van der Waals surface area contributed by atoms with Gasteiger partial charge in [0.05, 0.1) is 10.2 Å². The molecule has 0 spiro atoms. The van der Waals surface area contributed by atoms with E-state index in [9.17, 15) is 0 Å². The van der Waals surface area contributed by atoms with Crippen molar-refractivity contribution in [3.63, 3.8) is 0 Å². The number of para-hydroxylation sites is 1. The number of hydrogen-bond acceptors (Lipinski definition) is 1. The zero-order valence-corrected chi connectivity index (χ0v) is 16.5. The molecular weight excluding hydrogens is 346 g/mol. The average molecular weight is 370 g/mol. The summed E-state index contributed by atoms with van der Waals surface area (Å²) in [6, 6.07) is 20.4. The summed E-state index contributed by atoms with van der Waals surface area (Å²) in [5, 5.41) is 5.81. The van der Waals surface area contributed by atoms with Crippen LogP contribution in [0.25, 0.3) is 42.0 Å². The molecule has 5 aromatic rings. The third-order valence-electron chi connectivity index (χ3n) is 6.59. The molecule has 1 fully saturated rings. The Morgan fingerprint density at radius 2 is 1.59 bits per heavy atom. The SMILES string of the molecule is Cn1c2ccccc2c2c(C3CCCCC3)cc3c4ccccc4sc3c21. The Bertz CT molecular complexity index is 1310. The average Bonchev–Trinajstić information content (AvgIpc) is 3.24. The number of rotatable bonds is 1. The maximum Gasteiger partial charge on any atom is 0.0673 e. The molecule has 0 N–H and O–H groups in total. The van der Waals surface area contributed by atoms with Gasteiger partial charge in [0.25, 0.3) is 0 Å². The second-order valence-electron chi connectivity index (χ2n) is 8.08. The Labute approximate surface area is 163 Å². The van der Waals surface area contributed by atoms with Gasteiger partial charge in [-0.2, -0.15) is 0 Å². The minimum Gasteiger partial charge on any atom is -0.342 e. The third-order valence-corrected chi connectivity index (χ3v) is 7.78. The van der Waals surface area contributed by atoms with Crippen molar-refractivity contribution in [3.8, 4) is 0 Å². The van der Waals surface area contributed by atoms with Gasteiger partial charge >= 0.3 is 0 Å². The monoisotopic (exact) mass is 369 g/mol. The summed E-state index contributed by atoms with van der Waals surface area (Å²) in [6.45, 7) is 0. The molecule has 2 aromatic heterocycles. The van der Waals surface area contributed by atoms with E-state index in [1.165, 1.54) is 74.1 Å². The van der Waals surface area contributed by atoms with Gasteiger partial charge in [-0.15, -0.1) is 11.3 Å². The third kappa shape index (κ3) is 2.17. The summed E-state index contributed by atoms with van der Waals surface area (Å²) >= 11 is 1.96. The van der Waals surface area contributed by atoms with E-state index in [-0.39, 0.29) is 0 Å². The predicted molar refractivity (Wildman–Crippen MR) is 119 cm³/mol. The Balaban J connectivity index is 1.85. The number of benzene rings is 3. The summed E-state index contributed by atoms with van der Waals surface area (Å²) in [7, 11) is 2.25. The van der Waals surface area contributed by atoms with Crippen LogP contribution in [0.4, 0.5) is 0 Å². The van der Waals surface area contributed by atoms with Crippen LogP contribution in [0.1, 0.15) is 43.6 Å². The summed E-state index contributed by atoms with van der Waals surface area (Å²) in [4.78, 5) is 0. The smallest absolute Gasteiger partial charge is 0.0673 e. The summed E-state index contributed by atoms with van der Waals surface area (Å²) < 4.78 is 5.29. The Morgan fingerprint density at radius 3 is 2.44 bits per heavy atom. The lowest BCUT2D eigenvalue weighted by molar-refractivity contribution is 0.446. The van der Waals surface area contributed by atoms with Gasteiger partial charge in [-0.3, -0.25) is 0 Å². The highest BCUT2D eigenvalue weighted by Gasteiger charge is 2.24. The largest absolute Gasteiger partial charge is 0.342 e. The molecule has 1 aliphatic rings. The van der Waals surface area contributed by atoms with Gasteiger partial charge in [0.2, 0.25) is 0 Å². The fourth-order valence-corrected chi connectivity index (χ4v) is 6.57. The number of thiophene rings is 1. The van der Waals surface area contributed by atoms with Crippen molar-refractivity contribution in [3.05, 3.63) is 60.2 Å². The molecule has 1 nitrogen and oxygen atoms in total. The molecule has 0 atom stereocenters. The molecule has 0 unspecified atom stereocenters. The standard InChI is InChI=1S/C25H23NS/c1-26-21-13-7-5-12-18(21)23-19(16-9-3-2-4-10-16)15-20-17-11-6-8-14-22(17)27-25(20)24(23)26/h5-8,11-16H,2-4,9-10H2,1H3. The van der Waals surface area contributed by atoms with Crippen molar-refractivity contribution in [1.82, 2.24) is 4.57 Å². The Morgan fingerprint density at radius 1 is 0.852 bits per heavy atom. The summed E-state index contributed by atoms with van der Waals surface area (Å²) in [6.07, 6.45) is 6.83. The quantitative estimate of drug-likeness (QED) is 0.285. The first-order valence-corrected chi connectivity index (χ1v) is 11.0. The number of aromatic nitrogens is 1. The molecule has 6 rings (SSSR count). The summed E-state index contributed by atoms with van der Waals surface area (Å²) in [5.74, 6) is 0.704. The Hall–Kier alpha value is -2.32. The van der Waals surface area contributed by atoms with Crippen LogP contribution in [-0.2, 0) is 7.05 Å². The number of hydrogen-bond donors (Lipinski definition) is 0. The number of nitrogens with zero attached hydrogens (tertiary/aromatic N) is 1. The van der Waals surface area contributed by atoms with Crippen LogP contribution in [0.3, 0.4) is 0 Å². The molecular formula is C25H23NS. The molecule has 1 saturated carbocycles. The van der Waals surface area contributed by atoms with Crippen LogP contribution in [-0.4, -0.2) is 4.57 Å². The van der Waals surface area contributed by atoms with Crippen LogP contribution in [0, 0.1) is 0 Å². The molecule has 0 bridgehead atoms. The van der Waals surface area contributed by atoms with E-state index in [4.69, 9.17) is 0 Å². The molecule has 2 heteroatoms. The maximum absolute atomic E-state index is 2.55. The molecule has 0 saturated heterocycles. The van der Waals surface area contributed by atoms with Crippen molar-refractivity contribution in [2.75, 3.05) is 0 Å². The normalized spacial score (nSPS) is 16.2. The van der Waals surface area contributed by atoms with Gasteiger partial charge in [0, 0.05) is 38.8 Å². The van der Waals surface area contributed by atoms with Crippen molar-refractivity contribution in [2.45, 2.75) is 38.0 Å². The van der Waals surface area contributed by atoms with E-state index < -0.39 is 0 Å².